The highest BCUT2D eigenvalue weighted by Gasteiger charge is 2.63. The Morgan fingerprint density at radius 1 is 1.14 bits per heavy atom. The lowest BCUT2D eigenvalue weighted by Gasteiger charge is -2.27. The highest BCUT2D eigenvalue weighted by atomic mass is 32.2. The largest absolute Gasteiger partial charge is 0.474 e. The normalized spacial score (nSPS) is 31.1. The zero-order chi connectivity index (χ0) is 32.1. The van der Waals surface area contributed by atoms with Crippen LogP contribution in [-0.2, 0) is 29.8 Å². The molecule has 0 unspecified atom stereocenters. The van der Waals surface area contributed by atoms with E-state index in [0.29, 0.717) is 25.3 Å². The molecule has 12 nitrogen and oxygen atoms in total. The predicted molar refractivity (Wildman–Crippen MR) is 162 cm³/mol. The van der Waals surface area contributed by atoms with Crippen molar-refractivity contribution in [3.05, 3.63) is 23.9 Å². The van der Waals surface area contributed by atoms with Crippen LogP contribution >= 0.6 is 0 Å². The van der Waals surface area contributed by atoms with E-state index in [-0.39, 0.29) is 42.5 Å². The molecule has 1 aromatic heterocycles. The topological polar surface area (TPSA) is 157 Å². The van der Waals surface area contributed by atoms with Crippen molar-refractivity contribution in [2.75, 3.05) is 20.7 Å². The Balaban J connectivity index is 1.41. The molecule has 3 aliphatic carbocycles. The molecule has 4 aliphatic rings. The van der Waals surface area contributed by atoms with Crippen molar-refractivity contribution in [2.24, 2.45) is 17.8 Å². The minimum absolute atomic E-state index is 0.158. The molecular formula is C31H45N5O7S. The molecule has 44 heavy (non-hydrogen) atoms. The fraction of sp³-hybridized carbons (Fsp3) is 0.710. The Bertz CT molecular complexity index is 1450. The molecule has 0 bridgehead atoms. The van der Waals surface area contributed by atoms with Gasteiger partial charge < -0.3 is 19.7 Å². The maximum atomic E-state index is 14.0. The summed E-state index contributed by atoms with van der Waals surface area (Å²) in [6, 6.07) is 1.91. The Morgan fingerprint density at radius 3 is 2.50 bits per heavy atom. The van der Waals surface area contributed by atoms with E-state index in [9.17, 15) is 22.8 Å². The number of fused-ring (bicyclic) bond motifs is 2. The van der Waals surface area contributed by atoms with Gasteiger partial charge in [0.05, 0.1) is 29.4 Å². The van der Waals surface area contributed by atoms with E-state index in [1.54, 1.807) is 24.9 Å². The summed E-state index contributed by atoms with van der Waals surface area (Å²) in [5.41, 5.74) is -0.970. The number of amides is 3. The Kier molecular flexibility index (Phi) is 8.49. The molecule has 3 saturated carbocycles. The molecule has 1 aromatic rings. The number of aromatic nitrogens is 2. The molecule has 0 spiro atoms. The van der Waals surface area contributed by atoms with Crippen molar-refractivity contribution in [3.63, 3.8) is 0 Å². The molecule has 3 fully saturated rings. The number of ether oxygens (including phenoxy) is 2. The molecular weight excluding hydrogens is 586 g/mol. The summed E-state index contributed by atoms with van der Waals surface area (Å²) in [5, 5.41) is 2.92. The lowest BCUT2D eigenvalue weighted by molar-refractivity contribution is -0.140. The molecule has 0 radical (unpaired) electrons. The smallest absolute Gasteiger partial charge is 0.319 e. The molecule has 2 heterocycles. The van der Waals surface area contributed by atoms with Gasteiger partial charge >= 0.3 is 6.01 Å². The van der Waals surface area contributed by atoms with Gasteiger partial charge in [0.1, 0.15) is 11.6 Å². The number of carbonyl (C=O) groups excluding carboxylic acids is 3. The maximum absolute atomic E-state index is 14.0. The first kappa shape index (κ1) is 32.2. The van der Waals surface area contributed by atoms with Gasteiger partial charge in [0, 0.05) is 31.0 Å². The van der Waals surface area contributed by atoms with Crippen molar-refractivity contribution in [1.29, 1.82) is 0 Å². The van der Waals surface area contributed by atoms with E-state index >= 15 is 0 Å². The fourth-order valence-corrected chi connectivity index (χ4v) is 7.41. The summed E-state index contributed by atoms with van der Waals surface area (Å²) in [6.45, 7) is 8.21. The highest BCUT2D eigenvalue weighted by molar-refractivity contribution is 7.91. The van der Waals surface area contributed by atoms with Gasteiger partial charge in [0.15, 0.2) is 0 Å². The number of sulfonamides is 1. The number of rotatable bonds is 6. The van der Waals surface area contributed by atoms with Gasteiger partial charge in [-0.25, -0.2) is 8.42 Å². The first-order chi connectivity index (χ1) is 20.6. The zero-order valence-electron chi connectivity index (χ0n) is 26.5. The van der Waals surface area contributed by atoms with Gasteiger partial charge in [-0.15, -0.1) is 0 Å². The number of allylic oxidation sites excluding steroid dienone is 1. The molecule has 0 saturated heterocycles. The second-order valence-electron chi connectivity index (χ2n) is 14.1. The van der Waals surface area contributed by atoms with Gasteiger partial charge in [-0.2, -0.15) is 9.97 Å². The van der Waals surface area contributed by atoms with Crippen LogP contribution in [0.5, 0.6) is 11.9 Å². The monoisotopic (exact) mass is 631 g/mol. The molecule has 2 N–H and O–H groups in total. The Morgan fingerprint density at radius 2 is 1.84 bits per heavy atom. The summed E-state index contributed by atoms with van der Waals surface area (Å²) in [6.07, 6.45) is 7.52. The summed E-state index contributed by atoms with van der Waals surface area (Å²) in [4.78, 5) is 51.7. The van der Waals surface area contributed by atoms with Crippen LogP contribution in [0.2, 0.25) is 0 Å². The Hall–Kier alpha value is -3.22. The number of nitrogens with zero attached hydrogens (tertiary/aromatic N) is 3. The summed E-state index contributed by atoms with van der Waals surface area (Å²) < 4.78 is 38.7. The molecule has 1 aliphatic heterocycles. The van der Waals surface area contributed by atoms with Crippen LogP contribution in [0, 0.1) is 17.8 Å². The van der Waals surface area contributed by atoms with Crippen molar-refractivity contribution >= 4 is 27.7 Å². The number of nitrogens with one attached hydrogen (secondary N) is 2. The van der Waals surface area contributed by atoms with Crippen LogP contribution < -0.4 is 19.5 Å². The number of hydrogen-bond acceptors (Lipinski definition) is 9. The van der Waals surface area contributed by atoms with Gasteiger partial charge in [0.25, 0.3) is 5.91 Å². The van der Waals surface area contributed by atoms with Gasteiger partial charge in [-0.05, 0) is 58.3 Å². The lowest BCUT2D eigenvalue weighted by atomic mass is 9.92. The number of methoxy groups -OCH3 is 1. The van der Waals surface area contributed by atoms with E-state index in [2.05, 4.69) is 20.0 Å². The predicted octanol–water partition coefficient (Wildman–Crippen LogP) is 2.63. The number of carbonyl (C=O) groups is 3. The molecule has 5 atom stereocenters. The second-order valence-corrected chi connectivity index (χ2v) is 16.3. The van der Waals surface area contributed by atoms with Gasteiger partial charge in [-0.1, -0.05) is 32.9 Å². The average molecular weight is 632 g/mol. The summed E-state index contributed by atoms with van der Waals surface area (Å²) >= 11 is 0. The van der Waals surface area contributed by atoms with E-state index < -0.39 is 50.1 Å². The molecule has 242 valence electrons. The summed E-state index contributed by atoms with van der Waals surface area (Å²) in [7, 11) is -0.679. The van der Waals surface area contributed by atoms with Crippen molar-refractivity contribution in [2.45, 2.75) is 101 Å². The lowest BCUT2D eigenvalue weighted by Crippen LogP contribution is -2.55. The maximum Gasteiger partial charge on any atom is 0.319 e. The van der Waals surface area contributed by atoms with Gasteiger partial charge in [0.2, 0.25) is 27.7 Å². The first-order valence-electron chi connectivity index (χ1n) is 15.5. The van der Waals surface area contributed by atoms with Crippen LogP contribution in [0.3, 0.4) is 0 Å². The quantitative estimate of drug-likeness (QED) is 0.451. The second kappa shape index (κ2) is 11.6. The summed E-state index contributed by atoms with van der Waals surface area (Å²) in [5.74, 6) is -2.86. The first-order valence-corrected chi connectivity index (χ1v) is 17.0. The minimum Gasteiger partial charge on any atom is -0.474 e. The Labute approximate surface area is 259 Å². The third-order valence-electron chi connectivity index (χ3n) is 9.55. The van der Waals surface area contributed by atoms with Crippen molar-refractivity contribution in [1.82, 2.24) is 24.9 Å². The van der Waals surface area contributed by atoms with Crippen LogP contribution in [0.4, 0.5) is 0 Å². The van der Waals surface area contributed by atoms with Crippen molar-refractivity contribution in [3.8, 4) is 11.9 Å². The average Bonchev–Trinajstić information content (AvgIpc) is 3.83. The fourth-order valence-electron chi connectivity index (χ4n) is 6.10. The highest BCUT2D eigenvalue weighted by Crippen LogP contribution is 2.48. The van der Waals surface area contributed by atoms with Gasteiger partial charge in [-0.3, -0.25) is 19.1 Å². The minimum atomic E-state index is -3.90. The van der Waals surface area contributed by atoms with Crippen LogP contribution in [0.1, 0.15) is 84.8 Å². The molecule has 3 amide bonds. The van der Waals surface area contributed by atoms with Crippen LogP contribution in [-0.4, -0.2) is 78.1 Å². The van der Waals surface area contributed by atoms with E-state index in [4.69, 9.17) is 9.47 Å². The van der Waals surface area contributed by atoms with E-state index in [1.807, 2.05) is 32.9 Å². The van der Waals surface area contributed by atoms with Crippen LogP contribution in [0.15, 0.2) is 18.2 Å². The molecule has 13 heteroatoms. The third kappa shape index (κ3) is 6.43. The SMILES string of the molecule is COc1nc(O[C@@H]2C[C@H]3C(=O)N[C@]4(C(=O)NS(=O)(=O)C5(C)CC5)C[C@H]4/C=C\CCCCN(C)C(=O)[C@@H]3C2)cc(C(C)(C)C)n1. The van der Waals surface area contributed by atoms with E-state index in [0.717, 1.165) is 25.0 Å². The molecule has 0 aromatic carbocycles. The number of hydrogen-bond donors (Lipinski definition) is 2. The molecule has 5 rings (SSSR count). The standard InChI is InChI=1S/C31H45N5O7S/c1-29(2,3)23-17-24(33-28(32-23)42-6)43-20-15-21-22(16-20)26(38)36(5)14-10-8-7-9-11-19-18-31(19,34-25(21)37)27(39)35-44(40,41)30(4)12-13-30/h9,11,17,19-22H,7-8,10,12-16,18H2,1-6H3,(H,34,37)(H,35,39)/b11-9-/t19-,20-,21-,22-,31-/m1/s1. The van der Waals surface area contributed by atoms with E-state index in [1.165, 1.54) is 7.11 Å². The van der Waals surface area contributed by atoms with Crippen LogP contribution in [0.25, 0.3) is 0 Å². The zero-order valence-corrected chi connectivity index (χ0v) is 27.3. The van der Waals surface area contributed by atoms with Crippen molar-refractivity contribution < 1.29 is 32.3 Å². The third-order valence-corrected chi connectivity index (χ3v) is 11.7.